The number of hydrogen-bond donors (Lipinski definition) is 2. The first kappa shape index (κ1) is 13.5. The Morgan fingerprint density at radius 2 is 1.93 bits per heavy atom. The van der Waals surface area contributed by atoms with Crippen LogP contribution in [0.2, 0.25) is 0 Å². The molecular formula is C8H13Cl2NO3. The van der Waals surface area contributed by atoms with Crippen LogP contribution < -0.4 is 5.32 Å². The van der Waals surface area contributed by atoms with Gasteiger partial charge >= 0.3 is 5.97 Å². The molecule has 82 valence electrons. The third-order valence-electron chi connectivity index (χ3n) is 1.97. The lowest BCUT2D eigenvalue weighted by Gasteiger charge is -2.20. The SMILES string of the molecule is CC[C@H](C)[C@@H](NC(=O)C(Cl)Cl)C(=O)O. The van der Waals surface area contributed by atoms with Crippen LogP contribution in [0.4, 0.5) is 0 Å². The Labute approximate surface area is 92.6 Å². The highest BCUT2D eigenvalue weighted by atomic mass is 35.5. The van der Waals surface area contributed by atoms with Crippen molar-refractivity contribution in [3.05, 3.63) is 0 Å². The molecule has 0 radical (unpaired) electrons. The van der Waals surface area contributed by atoms with Crippen molar-refractivity contribution in [1.29, 1.82) is 0 Å². The number of halogens is 2. The maximum atomic E-state index is 11.0. The Morgan fingerprint density at radius 1 is 1.43 bits per heavy atom. The van der Waals surface area contributed by atoms with E-state index in [4.69, 9.17) is 28.3 Å². The van der Waals surface area contributed by atoms with Crippen LogP contribution in [0.15, 0.2) is 0 Å². The van der Waals surface area contributed by atoms with Gasteiger partial charge in [0.05, 0.1) is 0 Å². The lowest BCUT2D eigenvalue weighted by atomic mass is 9.99. The van der Waals surface area contributed by atoms with Gasteiger partial charge in [0.15, 0.2) is 4.84 Å². The predicted octanol–water partition coefficient (Wildman–Crippen LogP) is 1.41. The van der Waals surface area contributed by atoms with Crippen molar-refractivity contribution in [2.24, 2.45) is 5.92 Å². The summed E-state index contributed by atoms with van der Waals surface area (Å²) in [6.45, 7) is 3.57. The van der Waals surface area contributed by atoms with Crippen molar-refractivity contribution < 1.29 is 14.7 Å². The minimum absolute atomic E-state index is 0.163. The van der Waals surface area contributed by atoms with E-state index >= 15 is 0 Å². The Morgan fingerprint density at radius 3 is 2.21 bits per heavy atom. The van der Waals surface area contributed by atoms with Gasteiger partial charge in [-0.25, -0.2) is 4.79 Å². The lowest BCUT2D eigenvalue weighted by molar-refractivity contribution is -0.143. The van der Waals surface area contributed by atoms with Crippen molar-refractivity contribution in [2.45, 2.75) is 31.1 Å². The zero-order chi connectivity index (χ0) is 11.3. The van der Waals surface area contributed by atoms with Gasteiger partial charge in [-0.2, -0.15) is 0 Å². The normalized spacial score (nSPS) is 14.9. The summed E-state index contributed by atoms with van der Waals surface area (Å²) in [6.07, 6.45) is 0.645. The summed E-state index contributed by atoms with van der Waals surface area (Å²) in [5, 5.41) is 11.1. The third kappa shape index (κ3) is 4.15. The molecule has 0 heterocycles. The molecule has 0 saturated heterocycles. The molecule has 0 unspecified atom stereocenters. The molecule has 0 aromatic heterocycles. The van der Waals surface area contributed by atoms with Gasteiger partial charge in [-0.3, -0.25) is 4.79 Å². The summed E-state index contributed by atoms with van der Waals surface area (Å²) in [5.74, 6) is -1.92. The van der Waals surface area contributed by atoms with Gasteiger partial charge in [0.25, 0.3) is 5.91 Å². The number of rotatable bonds is 5. The van der Waals surface area contributed by atoms with E-state index in [-0.39, 0.29) is 5.92 Å². The minimum Gasteiger partial charge on any atom is -0.480 e. The predicted molar refractivity (Wildman–Crippen MR) is 54.5 cm³/mol. The monoisotopic (exact) mass is 241 g/mol. The van der Waals surface area contributed by atoms with E-state index in [0.29, 0.717) is 6.42 Å². The number of carboxylic acid groups (broad SMARTS) is 1. The van der Waals surface area contributed by atoms with Crippen LogP contribution in [0.25, 0.3) is 0 Å². The van der Waals surface area contributed by atoms with Crippen molar-refractivity contribution >= 4 is 35.1 Å². The van der Waals surface area contributed by atoms with E-state index in [0.717, 1.165) is 0 Å². The van der Waals surface area contributed by atoms with Gasteiger partial charge in [0, 0.05) is 0 Å². The highest BCUT2D eigenvalue weighted by Gasteiger charge is 2.26. The molecule has 0 spiro atoms. The number of aliphatic carboxylic acids is 1. The number of carbonyl (C=O) groups excluding carboxylic acids is 1. The fraction of sp³-hybridized carbons (Fsp3) is 0.750. The molecule has 4 nitrogen and oxygen atoms in total. The van der Waals surface area contributed by atoms with E-state index in [1.165, 1.54) is 0 Å². The molecule has 0 saturated carbocycles. The topological polar surface area (TPSA) is 66.4 Å². The molecule has 0 aromatic carbocycles. The number of nitrogens with one attached hydrogen (secondary N) is 1. The molecule has 14 heavy (non-hydrogen) atoms. The van der Waals surface area contributed by atoms with E-state index in [9.17, 15) is 9.59 Å². The van der Waals surface area contributed by atoms with Crippen LogP contribution in [0.1, 0.15) is 20.3 Å². The van der Waals surface area contributed by atoms with E-state index < -0.39 is 22.8 Å². The average molecular weight is 242 g/mol. The molecule has 2 atom stereocenters. The van der Waals surface area contributed by atoms with Crippen LogP contribution in [0, 0.1) is 5.92 Å². The number of carbonyl (C=O) groups is 2. The van der Waals surface area contributed by atoms with Crippen LogP contribution in [-0.4, -0.2) is 27.9 Å². The molecule has 0 aromatic rings. The molecular weight excluding hydrogens is 229 g/mol. The van der Waals surface area contributed by atoms with Gasteiger partial charge in [-0.1, -0.05) is 43.5 Å². The number of amides is 1. The smallest absolute Gasteiger partial charge is 0.326 e. The maximum Gasteiger partial charge on any atom is 0.326 e. The summed E-state index contributed by atoms with van der Waals surface area (Å²) >= 11 is 10.6. The fourth-order valence-corrected chi connectivity index (χ4v) is 1.03. The summed E-state index contributed by atoms with van der Waals surface area (Å²) in [6, 6.07) is -0.938. The van der Waals surface area contributed by atoms with E-state index in [1.807, 2.05) is 6.92 Å². The molecule has 6 heteroatoms. The van der Waals surface area contributed by atoms with Crippen LogP contribution in [0.3, 0.4) is 0 Å². The standard InChI is InChI=1S/C8H13Cl2NO3/c1-3-4(2)5(8(13)14)11-7(12)6(9)10/h4-6H,3H2,1-2H3,(H,11,12)(H,13,14)/t4-,5+/m0/s1. The molecule has 0 rings (SSSR count). The highest BCUT2D eigenvalue weighted by Crippen LogP contribution is 2.09. The van der Waals surface area contributed by atoms with Gasteiger partial charge < -0.3 is 10.4 Å². The average Bonchev–Trinajstić information content (AvgIpc) is 2.11. The zero-order valence-electron chi connectivity index (χ0n) is 7.96. The summed E-state index contributed by atoms with van der Waals surface area (Å²) in [5.41, 5.74) is 0. The molecule has 0 aliphatic carbocycles. The highest BCUT2D eigenvalue weighted by molar-refractivity contribution is 6.53. The van der Waals surface area contributed by atoms with E-state index in [2.05, 4.69) is 5.32 Å². The van der Waals surface area contributed by atoms with E-state index in [1.54, 1.807) is 6.92 Å². The Bertz CT molecular complexity index is 221. The first-order valence-electron chi connectivity index (χ1n) is 4.21. The van der Waals surface area contributed by atoms with Crippen LogP contribution in [0.5, 0.6) is 0 Å². The van der Waals surface area contributed by atoms with Gasteiger partial charge in [0.2, 0.25) is 0 Å². The lowest BCUT2D eigenvalue weighted by Crippen LogP contribution is -2.46. The van der Waals surface area contributed by atoms with Crippen molar-refractivity contribution in [3.8, 4) is 0 Å². The molecule has 0 aliphatic rings. The third-order valence-corrected chi connectivity index (χ3v) is 2.37. The Kier molecular flexibility index (Phi) is 5.88. The molecule has 0 bridgehead atoms. The number of alkyl halides is 2. The maximum absolute atomic E-state index is 11.0. The first-order valence-corrected chi connectivity index (χ1v) is 5.08. The molecule has 2 N–H and O–H groups in total. The summed E-state index contributed by atoms with van der Waals surface area (Å²) < 4.78 is 0. The van der Waals surface area contributed by atoms with Gasteiger partial charge in [-0.15, -0.1) is 0 Å². The second-order valence-electron chi connectivity index (χ2n) is 3.01. The Hall–Kier alpha value is -0.480. The summed E-state index contributed by atoms with van der Waals surface area (Å²) in [4.78, 5) is 20.6. The quantitative estimate of drug-likeness (QED) is 0.716. The summed E-state index contributed by atoms with van der Waals surface area (Å²) in [7, 11) is 0. The molecule has 1 amide bonds. The largest absolute Gasteiger partial charge is 0.480 e. The van der Waals surface area contributed by atoms with Crippen molar-refractivity contribution in [2.75, 3.05) is 0 Å². The van der Waals surface area contributed by atoms with Crippen molar-refractivity contribution in [3.63, 3.8) is 0 Å². The number of carboxylic acids is 1. The first-order chi connectivity index (χ1) is 6.40. The number of hydrogen-bond acceptors (Lipinski definition) is 2. The second-order valence-corrected chi connectivity index (χ2v) is 4.11. The minimum atomic E-state index is -1.24. The van der Waals surface area contributed by atoms with Crippen LogP contribution in [-0.2, 0) is 9.59 Å². The van der Waals surface area contributed by atoms with Crippen molar-refractivity contribution in [1.82, 2.24) is 5.32 Å². The van der Waals surface area contributed by atoms with Crippen LogP contribution >= 0.6 is 23.2 Å². The fourth-order valence-electron chi connectivity index (χ4n) is 0.899. The second kappa shape index (κ2) is 6.09. The molecule has 0 fully saturated rings. The zero-order valence-corrected chi connectivity index (χ0v) is 9.47. The van der Waals surface area contributed by atoms with Gasteiger partial charge in [-0.05, 0) is 5.92 Å². The molecule has 0 aliphatic heterocycles. The Balaban J connectivity index is 4.38. The van der Waals surface area contributed by atoms with Gasteiger partial charge in [0.1, 0.15) is 6.04 Å².